The first-order valence-electron chi connectivity index (χ1n) is 8.52. The van der Waals surface area contributed by atoms with Crippen molar-refractivity contribution in [3.63, 3.8) is 0 Å². The van der Waals surface area contributed by atoms with Crippen molar-refractivity contribution in [3.8, 4) is 11.5 Å². The number of thioether (sulfide) groups is 1. The van der Waals surface area contributed by atoms with E-state index in [1.165, 1.54) is 20.3 Å². The molecule has 2 amide bonds. The number of hydrogen-bond acceptors (Lipinski definition) is 4. The molecule has 10 heteroatoms. The minimum absolute atomic E-state index is 0.0229. The van der Waals surface area contributed by atoms with E-state index in [1.54, 1.807) is 28.8 Å². The van der Waals surface area contributed by atoms with Crippen LogP contribution in [0.15, 0.2) is 36.4 Å². The highest BCUT2D eigenvalue weighted by molar-refractivity contribution is 7.99. The average Bonchev–Trinajstić information content (AvgIpc) is 3.18. The molecule has 2 aromatic carbocycles. The molecule has 3 rings (SSSR count). The van der Waals surface area contributed by atoms with Crippen molar-refractivity contribution in [3.05, 3.63) is 52.5 Å². The number of carbonyl (C=O) groups excluding carboxylic acids is 1. The number of ether oxygens (including phenoxy) is 2. The summed E-state index contributed by atoms with van der Waals surface area (Å²) >= 11 is 7.19. The monoisotopic (exact) mass is 446 g/mol. The molecule has 0 spiro atoms. The normalized spacial score (nSPS) is 16.6. The molecule has 1 saturated heterocycles. The van der Waals surface area contributed by atoms with E-state index in [1.807, 2.05) is 6.07 Å². The molecule has 0 bridgehead atoms. The number of nitrogens with zero attached hydrogens (tertiary/aromatic N) is 1. The molecular formula is C19H18ClF3N2O3S. The summed E-state index contributed by atoms with van der Waals surface area (Å²) in [6.45, 7) is 0.454. The number of carbonyl (C=O) groups is 1. The van der Waals surface area contributed by atoms with Gasteiger partial charge in [-0.25, -0.2) is 4.79 Å². The minimum atomic E-state index is -4.61. The van der Waals surface area contributed by atoms with Crippen LogP contribution in [0.2, 0.25) is 5.02 Å². The lowest BCUT2D eigenvalue weighted by Gasteiger charge is -2.25. The van der Waals surface area contributed by atoms with Crippen LogP contribution in [0, 0.1) is 0 Å². The maximum absolute atomic E-state index is 13.1. The standard InChI is InChI=1S/C19H18ClF3N2O3S/c1-27-15-6-3-11(9-16(15)28-2)17-25(7-8-29-17)18(26)24-12-4-5-14(20)13(10-12)19(21,22)23/h3-6,9-10,17H,7-8H2,1-2H3,(H,24,26). The highest BCUT2D eigenvalue weighted by Crippen LogP contribution is 2.41. The minimum Gasteiger partial charge on any atom is -0.493 e. The lowest BCUT2D eigenvalue weighted by Crippen LogP contribution is -2.34. The van der Waals surface area contributed by atoms with Crippen LogP contribution in [-0.2, 0) is 6.18 Å². The van der Waals surface area contributed by atoms with Crippen molar-refractivity contribution in [1.82, 2.24) is 4.90 Å². The summed E-state index contributed by atoms with van der Waals surface area (Å²) < 4.78 is 49.7. The Morgan fingerprint density at radius 3 is 2.55 bits per heavy atom. The van der Waals surface area contributed by atoms with Crippen molar-refractivity contribution in [2.45, 2.75) is 11.6 Å². The number of alkyl halides is 3. The van der Waals surface area contributed by atoms with Crippen LogP contribution in [-0.4, -0.2) is 37.4 Å². The van der Waals surface area contributed by atoms with Gasteiger partial charge in [-0.1, -0.05) is 17.7 Å². The molecular weight excluding hydrogens is 429 g/mol. The number of benzene rings is 2. The molecule has 0 radical (unpaired) electrons. The number of amides is 2. The average molecular weight is 447 g/mol. The number of rotatable bonds is 4. The Hall–Kier alpha value is -2.26. The molecule has 1 unspecified atom stereocenters. The molecule has 1 aliphatic heterocycles. The van der Waals surface area contributed by atoms with Gasteiger partial charge in [-0.2, -0.15) is 13.2 Å². The molecule has 1 atom stereocenters. The molecule has 0 saturated carbocycles. The van der Waals surface area contributed by atoms with E-state index in [4.69, 9.17) is 21.1 Å². The van der Waals surface area contributed by atoms with Crippen LogP contribution in [0.3, 0.4) is 0 Å². The topological polar surface area (TPSA) is 50.8 Å². The van der Waals surface area contributed by atoms with Gasteiger partial charge in [0.1, 0.15) is 5.37 Å². The first kappa shape index (κ1) is 21.4. The molecule has 1 aliphatic rings. The van der Waals surface area contributed by atoms with Crippen molar-refractivity contribution in [2.24, 2.45) is 0 Å². The third-order valence-corrected chi connectivity index (χ3v) is 5.96. The van der Waals surface area contributed by atoms with Crippen molar-refractivity contribution < 1.29 is 27.4 Å². The highest BCUT2D eigenvalue weighted by atomic mass is 35.5. The van der Waals surface area contributed by atoms with Crippen LogP contribution in [0.1, 0.15) is 16.5 Å². The van der Waals surface area contributed by atoms with E-state index < -0.39 is 22.8 Å². The van der Waals surface area contributed by atoms with E-state index in [2.05, 4.69) is 5.32 Å². The number of methoxy groups -OCH3 is 2. The third kappa shape index (κ3) is 4.67. The van der Waals surface area contributed by atoms with Crippen molar-refractivity contribution in [1.29, 1.82) is 0 Å². The predicted molar refractivity (Wildman–Crippen MR) is 107 cm³/mol. The van der Waals surface area contributed by atoms with E-state index in [-0.39, 0.29) is 11.1 Å². The fraction of sp³-hybridized carbons (Fsp3) is 0.316. The maximum Gasteiger partial charge on any atom is 0.417 e. The molecule has 2 aromatic rings. The van der Waals surface area contributed by atoms with Gasteiger partial charge in [0.2, 0.25) is 0 Å². The second kappa shape index (κ2) is 8.62. The fourth-order valence-electron chi connectivity index (χ4n) is 2.98. The van der Waals surface area contributed by atoms with Gasteiger partial charge in [-0.3, -0.25) is 0 Å². The van der Waals surface area contributed by atoms with Gasteiger partial charge in [-0.05, 0) is 35.9 Å². The zero-order valence-corrected chi connectivity index (χ0v) is 17.1. The van der Waals surface area contributed by atoms with E-state index >= 15 is 0 Å². The SMILES string of the molecule is COc1ccc(C2SCCN2C(=O)Nc2ccc(Cl)c(C(F)(F)F)c2)cc1OC. The smallest absolute Gasteiger partial charge is 0.417 e. The van der Waals surface area contributed by atoms with Gasteiger partial charge in [0.15, 0.2) is 11.5 Å². The van der Waals surface area contributed by atoms with Gasteiger partial charge in [0.05, 0.1) is 24.8 Å². The zero-order valence-electron chi connectivity index (χ0n) is 15.5. The van der Waals surface area contributed by atoms with Crippen molar-refractivity contribution in [2.75, 3.05) is 31.8 Å². The van der Waals surface area contributed by atoms with Gasteiger partial charge in [0.25, 0.3) is 0 Å². The lowest BCUT2D eigenvalue weighted by molar-refractivity contribution is -0.137. The summed E-state index contributed by atoms with van der Waals surface area (Å²) in [7, 11) is 3.05. The summed E-state index contributed by atoms with van der Waals surface area (Å²) in [6, 6.07) is 8.15. The van der Waals surface area contributed by atoms with E-state index in [0.29, 0.717) is 23.8 Å². The Kier molecular flexibility index (Phi) is 6.38. The summed E-state index contributed by atoms with van der Waals surface area (Å²) in [5.41, 5.74) is -0.147. The van der Waals surface area contributed by atoms with Crippen LogP contribution < -0.4 is 14.8 Å². The Balaban J connectivity index is 1.81. The molecule has 0 aliphatic carbocycles. The first-order chi connectivity index (χ1) is 13.7. The molecule has 0 aromatic heterocycles. The number of nitrogens with one attached hydrogen (secondary N) is 1. The summed E-state index contributed by atoms with van der Waals surface area (Å²) in [4.78, 5) is 14.3. The second-order valence-corrected chi connectivity index (χ2v) is 7.75. The number of halogens is 4. The van der Waals surface area contributed by atoms with Gasteiger partial charge in [0, 0.05) is 18.0 Å². The van der Waals surface area contributed by atoms with Crippen LogP contribution >= 0.6 is 23.4 Å². The fourth-order valence-corrected chi connectivity index (χ4v) is 4.45. The summed E-state index contributed by atoms with van der Waals surface area (Å²) in [6.07, 6.45) is -4.61. The van der Waals surface area contributed by atoms with Gasteiger partial charge < -0.3 is 19.7 Å². The quantitative estimate of drug-likeness (QED) is 0.658. The van der Waals surface area contributed by atoms with E-state index in [9.17, 15) is 18.0 Å². The molecule has 1 fully saturated rings. The first-order valence-corrected chi connectivity index (χ1v) is 9.95. The summed E-state index contributed by atoms with van der Waals surface area (Å²) in [5, 5.41) is 1.81. The van der Waals surface area contributed by atoms with Gasteiger partial charge in [-0.15, -0.1) is 11.8 Å². The Bertz CT molecular complexity index is 911. The lowest BCUT2D eigenvalue weighted by atomic mass is 10.1. The van der Waals surface area contributed by atoms with Crippen LogP contribution in [0.5, 0.6) is 11.5 Å². The third-order valence-electron chi connectivity index (χ3n) is 4.37. The Morgan fingerprint density at radius 2 is 1.90 bits per heavy atom. The summed E-state index contributed by atoms with van der Waals surface area (Å²) in [5.74, 6) is 1.79. The zero-order chi connectivity index (χ0) is 21.2. The maximum atomic E-state index is 13.1. The molecule has 29 heavy (non-hydrogen) atoms. The molecule has 156 valence electrons. The largest absolute Gasteiger partial charge is 0.493 e. The Labute approximate surface area is 175 Å². The van der Waals surface area contributed by atoms with E-state index in [0.717, 1.165) is 17.7 Å². The number of anilines is 1. The highest BCUT2D eigenvalue weighted by Gasteiger charge is 2.34. The van der Waals surface area contributed by atoms with Crippen molar-refractivity contribution >= 4 is 35.1 Å². The van der Waals surface area contributed by atoms with Crippen LogP contribution in [0.4, 0.5) is 23.7 Å². The Morgan fingerprint density at radius 1 is 1.17 bits per heavy atom. The second-order valence-electron chi connectivity index (χ2n) is 6.15. The molecule has 1 heterocycles. The molecule has 1 N–H and O–H groups in total. The van der Waals surface area contributed by atoms with Gasteiger partial charge >= 0.3 is 12.2 Å². The molecule has 5 nitrogen and oxygen atoms in total. The number of urea groups is 1. The van der Waals surface area contributed by atoms with Crippen LogP contribution in [0.25, 0.3) is 0 Å². The predicted octanol–water partition coefficient (Wildman–Crippen LogP) is 5.66. The number of hydrogen-bond donors (Lipinski definition) is 1.